The van der Waals surface area contributed by atoms with Gasteiger partial charge in [0.1, 0.15) is 0 Å². The Bertz CT molecular complexity index is 546. The third-order valence-electron chi connectivity index (χ3n) is 4.74. The number of guanidine groups is 1. The number of aliphatic imine (C=N–C) groups is 1. The van der Waals surface area contributed by atoms with Gasteiger partial charge < -0.3 is 20.3 Å². The van der Waals surface area contributed by atoms with E-state index in [9.17, 15) is 0 Å². The van der Waals surface area contributed by atoms with Gasteiger partial charge in [-0.15, -0.1) is 24.0 Å². The van der Waals surface area contributed by atoms with E-state index in [1.54, 1.807) is 0 Å². The van der Waals surface area contributed by atoms with Crippen LogP contribution in [0.2, 0.25) is 0 Å². The molecule has 2 aliphatic heterocycles. The number of halogens is 1. The van der Waals surface area contributed by atoms with E-state index in [0.29, 0.717) is 18.4 Å². The standard InChI is InChI=1S/C18H28N4O.HI/c1-15-5-4-8-22(14-15)18(19)20-13-16-6-2-3-7-17(16)21-9-11-23-12-10-21;/h2-3,6-7,15H,4-5,8-14H2,1H3,(H2,19,20);1H. The highest BCUT2D eigenvalue weighted by Crippen LogP contribution is 2.22. The molecule has 0 amide bonds. The number of hydrogen-bond donors (Lipinski definition) is 1. The van der Waals surface area contributed by atoms with E-state index in [1.807, 2.05) is 0 Å². The largest absolute Gasteiger partial charge is 0.378 e. The summed E-state index contributed by atoms with van der Waals surface area (Å²) < 4.78 is 5.45. The molecule has 1 aromatic rings. The first-order chi connectivity index (χ1) is 11.2. The number of hydrogen-bond acceptors (Lipinski definition) is 3. The number of likely N-dealkylation sites (tertiary alicyclic amines) is 1. The third-order valence-corrected chi connectivity index (χ3v) is 4.74. The van der Waals surface area contributed by atoms with Crippen molar-refractivity contribution in [2.75, 3.05) is 44.3 Å². The Kier molecular flexibility index (Phi) is 7.61. The van der Waals surface area contributed by atoms with E-state index in [1.165, 1.54) is 24.1 Å². The SMILES string of the molecule is CC1CCCN(C(N)=NCc2ccccc2N2CCOCC2)C1.I. The number of ether oxygens (including phenoxy) is 1. The van der Waals surface area contributed by atoms with E-state index in [4.69, 9.17) is 10.5 Å². The summed E-state index contributed by atoms with van der Waals surface area (Å²) in [6.07, 6.45) is 2.51. The molecule has 2 fully saturated rings. The molecule has 1 atom stereocenters. The Balaban J connectivity index is 0.00000208. The molecule has 0 bridgehead atoms. The maximum atomic E-state index is 6.23. The van der Waals surface area contributed by atoms with Gasteiger partial charge in [-0.1, -0.05) is 25.1 Å². The molecule has 0 aromatic heterocycles. The molecule has 0 saturated carbocycles. The molecule has 1 unspecified atom stereocenters. The summed E-state index contributed by atoms with van der Waals surface area (Å²) >= 11 is 0. The zero-order valence-corrected chi connectivity index (χ0v) is 16.8. The van der Waals surface area contributed by atoms with Crippen LogP contribution in [0, 0.1) is 5.92 Å². The molecule has 5 nitrogen and oxygen atoms in total. The second-order valence-electron chi connectivity index (χ2n) is 6.60. The number of piperidine rings is 1. The van der Waals surface area contributed by atoms with Crippen molar-refractivity contribution in [1.82, 2.24) is 4.90 Å². The predicted molar refractivity (Wildman–Crippen MR) is 110 cm³/mol. The topological polar surface area (TPSA) is 54.1 Å². The Morgan fingerprint density at radius 2 is 2.00 bits per heavy atom. The summed E-state index contributed by atoms with van der Waals surface area (Å²) in [4.78, 5) is 9.28. The van der Waals surface area contributed by atoms with Crippen LogP contribution in [0.25, 0.3) is 0 Å². The molecule has 1 aromatic carbocycles. The molecule has 2 aliphatic rings. The average molecular weight is 444 g/mol. The molecule has 24 heavy (non-hydrogen) atoms. The Labute approximate surface area is 162 Å². The van der Waals surface area contributed by atoms with Crippen molar-refractivity contribution in [2.45, 2.75) is 26.3 Å². The van der Waals surface area contributed by atoms with Crippen molar-refractivity contribution < 1.29 is 4.74 Å². The van der Waals surface area contributed by atoms with Gasteiger partial charge in [-0.2, -0.15) is 0 Å². The van der Waals surface area contributed by atoms with Crippen LogP contribution in [-0.2, 0) is 11.3 Å². The van der Waals surface area contributed by atoms with Gasteiger partial charge in [-0.05, 0) is 30.4 Å². The third kappa shape index (κ3) is 4.99. The van der Waals surface area contributed by atoms with Crippen molar-refractivity contribution >= 4 is 35.6 Å². The normalized spacial score (nSPS) is 22.2. The van der Waals surface area contributed by atoms with Gasteiger partial charge in [0.05, 0.1) is 19.8 Å². The van der Waals surface area contributed by atoms with E-state index >= 15 is 0 Å². The van der Waals surface area contributed by atoms with Crippen molar-refractivity contribution in [3.05, 3.63) is 29.8 Å². The zero-order valence-electron chi connectivity index (χ0n) is 14.5. The van der Waals surface area contributed by atoms with Crippen LogP contribution < -0.4 is 10.6 Å². The number of anilines is 1. The lowest BCUT2D eigenvalue weighted by atomic mass is 10.0. The van der Waals surface area contributed by atoms with Crippen LogP contribution in [0.15, 0.2) is 29.3 Å². The van der Waals surface area contributed by atoms with Crippen LogP contribution in [0.5, 0.6) is 0 Å². The van der Waals surface area contributed by atoms with Gasteiger partial charge in [0.15, 0.2) is 5.96 Å². The van der Waals surface area contributed by atoms with Crippen molar-refractivity contribution in [2.24, 2.45) is 16.6 Å². The van der Waals surface area contributed by atoms with Crippen LogP contribution in [0.3, 0.4) is 0 Å². The van der Waals surface area contributed by atoms with Crippen LogP contribution in [0.1, 0.15) is 25.3 Å². The Morgan fingerprint density at radius 3 is 2.75 bits per heavy atom. The fraction of sp³-hybridized carbons (Fsp3) is 0.611. The van der Waals surface area contributed by atoms with E-state index in [0.717, 1.165) is 39.4 Å². The summed E-state index contributed by atoms with van der Waals surface area (Å²) in [6.45, 7) is 8.47. The molecule has 6 heteroatoms. The highest BCUT2D eigenvalue weighted by atomic mass is 127. The average Bonchev–Trinajstić information content (AvgIpc) is 2.60. The molecule has 0 aliphatic carbocycles. The second-order valence-corrected chi connectivity index (χ2v) is 6.60. The van der Waals surface area contributed by atoms with Crippen LogP contribution in [-0.4, -0.2) is 50.3 Å². The van der Waals surface area contributed by atoms with Gasteiger partial charge in [0.2, 0.25) is 0 Å². The second kappa shape index (κ2) is 9.46. The first-order valence-electron chi connectivity index (χ1n) is 8.69. The van der Waals surface area contributed by atoms with Crippen molar-refractivity contribution in [1.29, 1.82) is 0 Å². The first kappa shape index (κ1) is 19.3. The predicted octanol–water partition coefficient (Wildman–Crippen LogP) is 2.69. The smallest absolute Gasteiger partial charge is 0.191 e. The minimum Gasteiger partial charge on any atom is -0.378 e. The highest BCUT2D eigenvalue weighted by molar-refractivity contribution is 14.0. The van der Waals surface area contributed by atoms with Crippen molar-refractivity contribution in [3.63, 3.8) is 0 Å². The Hall–Kier alpha value is -1.02. The monoisotopic (exact) mass is 444 g/mol. The summed E-state index contributed by atoms with van der Waals surface area (Å²) in [5.41, 5.74) is 8.73. The minimum atomic E-state index is 0. The molecule has 0 spiro atoms. The Morgan fingerprint density at radius 1 is 1.25 bits per heavy atom. The van der Waals surface area contributed by atoms with E-state index in [-0.39, 0.29) is 24.0 Å². The maximum absolute atomic E-state index is 6.23. The fourth-order valence-electron chi connectivity index (χ4n) is 3.42. The fourth-order valence-corrected chi connectivity index (χ4v) is 3.42. The summed E-state index contributed by atoms with van der Waals surface area (Å²) in [5.74, 6) is 1.39. The number of benzene rings is 1. The number of morpholine rings is 1. The molecular weight excluding hydrogens is 415 g/mol. The zero-order chi connectivity index (χ0) is 16.1. The number of nitrogens with zero attached hydrogens (tertiary/aromatic N) is 3. The maximum Gasteiger partial charge on any atom is 0.191 e. The van der Waals surface area contributed by atoms with Crippen LogP contribution >= 0.6 is 24.0 Å². The number of para-hydroxylation sites is 1. The molecule has 2 N–H and O–H groups in total. The molecule has 134 valence electrons. The lowest BCUT2D eigenvalue weighted by molar-refractivity contribution is 0.122. The van der Waals surface area contributed by atoms with Crippen LogP contribution in [0.4, 0.5) is 5.69 Å². The van der Waals surface area contributed by atoms with Crippen molar-refractivity contribution in [3.8, 4) is 0 Å². The molecular formula is C18H29IN4O. The van der Waals surface area contributed by atoms with Gasteiger partial charge in [0.25, 0.3) is 0 Å². The van der Waals surface area contributed by atoms with Gasteiger partial charge in [-0.3, -0.25) is 0 Å². The summed E-state index contributed by atoms with van der Waals surface area (Å²) in [5, 5.41) is 0. The number of rotatable bonds is 3. The molecule has 2 saturated heterocycles. The first-order valence-corrected chi connectivity index (χ1v) is 8.69. The number of nitrogens with two attached hydrogens (primary N) is 1. The van der Waals surface area contributed by atoms with E-state index < -0.39 is 0 Å². The minimum absolute atomic E-state index is 0. The van der Waals surface area contributed by atoms with Gasteiger partial charge in [0, 0.05) is 31.9 Å². The lowest BCUT2D eigenvalue weighted by Gasteiger charge is -2.32. The van der Waals surface area contributed by atoms with E-state index in [2.05, 4.69) is 46.0 Å². The summed E-state index contributed by atoms with van der Waals surface area (Å²) in [7, 11) is 0. The lowest BCUT2D eigenvalue weighted by Crippen LogP contribution is -2.43. The molecule has 2 heterocycles. The van der Waals surface area contributed by atoms with Gasteiger partial charge >= 0.3 is 0 Å². The highest BCUT2D eigenvalue weighted by Gasteiger charge is 2.18. The molecule has 3 rings (SSSR count). The quantitative estimate of drug-likeness (QED) is 0.443. The van der Waals surface area contributed by atoms with Gasteiger partial charge in [-0.25, -0.2) is 4.99 Å². The summed E-state index contributed by atoms with van der Waals surface area (Å²) in [6, 6.07) is 8.50. The molecule has 0 radical (unpaired) electrons.